The van der Waals surface area contributed by atoms with E-state index in [9.17, 15) is 0 Å². The van der Waals surface area contributed by atoms with Crippen LogP contribution in [0.15, 0.2) is 27.6 Å². The van der Waals surface area contributed by atoms with Crippen LogP contribution in [-0.2, 0) is 4.74 Å². The van der Waals surface area contributed by atoms with E-state index in [1.54, 1.807) is 0 Å². The molecule has 1 aliphatic heterocycles. The van der Waals surface area contributed by atoms with Gasteiger partial charge >= 0.3 is 0 Å². The zero-order chi connectivity index (χ0) is 9.26. The summed E-state index contributed by atoms with van der Waals surface area (Å²) in [4.78, 5) is 1.24. The van der Waals surface area contributed by atoms with Crippen molar-refractivity contribution >= 4 is 33.4 Å². The van der Waals surface area contributed by atoms with Crippen LogP contribution in [0.1, 0.15) is 0 Å². The lowest BCUT2D eigenvalue weighted by atomic mass is 10.3. The van der Waals surface area contributed by atoms with Crippen LogP contribution in [0.4, 0.5) is 5.69 Å². The number of rotatable bonds is 2. The molecule has 1 aromatic carbocycles. The number of thioether (sulfide) groups is 1. The Hall–Kier alpha value is -0.190. The van der Waals surface area contributed by atoms with Crippen LogP contribution in [-0.4, -0.2) is 18.5 Å². The van der Waals surface area contributed by atoms with E-state index in [-0.39, 0.29) is 0 Å². The molecule has 0 aromatic heterocycles. The predicted molar refractivity (Wildman–Crippen MR) is 59.0 cm³/mol. The Morgan fingerprint density at radius 2 is 2.23 bits per heavy atom. The molecule has 0 atom stereocenters. The number of anilines is 1. The molecule has 4 heteroatoms. The second-order valence-corrected chi connectivity index (χ2v) is 5.16. The van der Waals surface area contributed by atoms with Gasteiger partial charge in [0.05, 0.1) is 18.5 Å². The molecule has 13 heavy (non-hydrogen) atoms. The zero-order valence-corrected chi connectivity index (χ0v) is 9.40. The molecule has 0 bridgehead atoms. The Kier molecular flexibility index (Phi) is 2.81. The van der Waals surface area contributed by atoms with Gasteiger partial charge in [0, 0.05) is 15.1 Å². The number of nitrogens with two attached hydrogens (primary N) is 1. The molecule has 1 aromatic rings. The molecule has 2 N–H and O–H groups in total. The van der Waals surface area contributed by atoms with Gasteiger partial charge < -0.3 is 10.5 Å². The van der Waals surface area contributed by atoms with Crippen LogP contribution in [0.5, 0.6) is 0 Å². The molecule has 1 fully saturated rings. The Bertz CT molecular complexity index is 314. The number of benzene rings is 1. The summed E-state index contributed by atoms with van der Waals surface area (Å²) >= 11 is 5.33. The predicted octanol–water partition coefficient (Wildman–Crippen LogP) is 2.52. The van der Waals surface area contributed by atoms with Crippen molar-refractivity contribution in [3.63, 3.8) is 0 Å². The van der Waals surface area contributed by atoms with Gasteiger partial charge in [-0.25, -0.2) is 0 Å². The van der Waals surface area contributed by atoms with Crippen molar-refractivity contribution in [3.8, 4) is 0 Å². The highest BCUT2D eigenvalue weighted by Crippen LogP contribution is 2.34. The first-order chi connectivity index (χ1) is 6.25. The quantitative estimate of drug-likeness (QED) is 0.830. The lowest BCUT2D eigenvalue weighted by Crippen LogP contribution is -2.30. The maximum absolute atomic E-state index is 5.64. The molecule has 0 spiro atoms. The van der Waals surface area contributed by atoms with Crippen molar-refractivity contribution in [2.45, 2.75) is 10.1 Å². The average Bonchev–Trinajstić information content (AvgIpc) is 1.99. The third kappa shape index (κ3) is 2.18. The summed E-state index contributed by atoms with van der Waals surface area (Å²) in [6.45, 7) is 1.73. The first-order valence-electron chi connectivity index (χ1n) is 4.05. The summed E-state index contributed by atoms with van der Waals surface area (Å²) in [6, 6.07) is 5.90. The molecular weight excluding hydrogens is 250 g/mol. The smallest absolute Gasteiger partial charge is 0.0611 e. The van der Waals surface area contributed by atoms with Gasteiger partial charge in [-0.05, 0) is 34.1 Å². The molecule has 0 unspecified atom stereocenters. The van der Waals surface area contributed by atoms with Gasteiger partial charge in [0.1, 0.15) is 0 Å². The van der Waals surface area contributed by atoms with Crippen molar-refractivity contribution in [3.05, 3.63) is 22.7 Å². The Balaban J connectivity index is 2.10. The number of ether oxygens (including phenoxy) is 1. The molecular formula is C9H10BrNOS. The van der Waals surface area contributed by atoms with E-state index in [0.717, 1.165) is 23.4 Å². The highest BCUT2D eigenvalue weighted by Gasteiger charge is 2.20. The summed E-state index contributed by atoms with van der Waals surface area (Å²) in [5, 5.41) is 0.611. The fraction of sp³-hybridized carbons (Fsp3) is 0.333. The van der Waals surface area contributed by atoms with Gasteiger partial charge in [-0.2, -0.15) is 0 Å². The van der Waals surface area contributed by atoms with Crippen molar-refractivity contribution < 1.29 is 4.74 Å². The molecule has 0 amide bonds. The fourth-order valence-electron chi connectivity index (χ4n) is 1.07. The highest BCUT2D eigenvalue weighted by atomic mass is 79.9. The monoisotopic (exact) mass is 259 g/mol. The third-order valence-electron chi connectivity index (χ3n) is 1.86. The van der Waals surface area contributed by atoms with E-state index < -0.39 is 0 Å². The minimum atomic E-state index is 0.611. The standard InChI is InChI=1S/C9H10BrNOS/c10-8-3-6(11)1-2-9(8)13-7-4-12-5-7/h1-3,7H,4-5,11H2. The van der Waals surface area contributed by atoms with Crippen molar-refractivity contribution in [2.24, 2.45) is 0 Å². The number of hydrogen-bond acceptors (Lipinski definition) is 3. The van der Waals surface area contributed by atoms with E-state index in [1.807, 2.05) is 30.0 Å². The molecule has 2 nitrogen and oxygen atoms in total. The molecule has 1 heterocycles. The van der Waals surface area contributed by atoms with Gasteiger partial charge in [0.15, 0.2) is 0 Å². The normalized spacial score (nSPS) is 17.0. The molecule has 70 valence electrons. The second kappa shape index (κ2) is 3.90. The van der Waals surface area contributed by atoms with Crippen molar-refractivity contribution in [2.75, 3.05) is 18.9 Å². The van der Waals surface area contributed by atoms with E-state index >= 15 is 0 Å². The first-order valence-corrected chi connectivity index (χ1v) is 5.72. The van der Waals surface area contributed by atoms with Gasteiger partial charge in [-0.15, -0.1) is 11.8 Å². The van der Waals surface area contributed by atoms with E-state index in [2.05, 4.69) is 15.9 Å². The van der Waals surface area contributed by atoms with Crippen LogP contribution in [0, 0.1) is 0 Å². The van der Waals surface area contributed by atoms with Gasteiger partial charge in [-0.1, -0.05) is 0 Å². The number of halogens is 1. The summed E-state index contributed by atoms with van der Waals surface area (Å²) in [7, 11) is 0. The third-order valence-corrected chi connectivity index (χ3v) is 3.99. The van der Waals surface area contributed by atoms with Gasteiger partial charge in [0.25, 0.3) is 0 Å². The SMILES string of the molecule is Nc1ccc(SC2COC2)c(Br)c1. The van der Waals surface area contributed by atoms with Crippen LogP contribution in [0.25, 0.3) is 0 Å². The van der Waals surface area contributed by atoms with Crippen LogP contribution in [0.2, 0.25) is 0 Å². The molecule has 0 saturated carbocycles. The first kappa shape index (κ1) is 9.37. The highest BCUT2D eigenvalue weighted by molar-refractivity contribution is 9.10. The average molecular weight is 260 g/mol. The second-order valence-electron chi connectivity index (χ2n) is 2.97. The number of hydrogen-bond donors (Lipinski definition) is 1. The van der Waals surface area contributed by atoms with E-state index in [0.29, 0.717) is 5.25 Å². The minimum absolute atomic E-state index is 0.611. The maximum Gasteiger partial charge on any atom is 0.0611 e. The Morgan fingerprint density at radius 3 is 2.77 bits per heavy atom. The summed E-state index contributed by atoms with van der Waals surface area (Å²) < 4.78 is 6.18. The Labute approximate surface area is 90.0 Å². The molecule has 1 aliphatic rings. The van der Waals surface area contributed by atoms with Gasteiger partial charge in [-0.3, -0.25) is 0 Å². The van der Waals surface area contributed by atoms with Crippen LogP contribution < -0.4 is 5.73 Å². The van der Waals surface area contributed by atoms with E-state index in [1.165, 1.54) is 4.90 Å². The fourth-order valence-corrected chi connectivity index (χ4v) is 2.76. The van der Waals surface area contributed by atoms with E-state index in [4.69, 9.17) is 10.5 Å². The largest absolute Gasteiger partial charge is 0.399 e. The lowest BCUT2D eigenvalue weighted by molar-refractivity contribution is 0.0455. The molecule has 1 saturated heterocycles. The van der Waals surface area contributed by atoms with Gasteiger partial charge in [0.2, 0.25) is 0 Å². The lowest BCUT2D eigenvalue weighted by Gasteiger charge is -2.25. The summed E-state index contributed by atoms with van der Waals surface area (Å²) in [5.74, 6) is 0. The summed E-state index contributed by atoms with van der Waals surface area (Å²) in [6.07, 6.45) is 0. The Morgan fingerprint density at radius 1 is 1.46 bits per heavy atom. The number of nitrogen functional groups attached to an aromatic ring is 1. The minimum Gasteiger partial charge on any atom is -0.399 e. The molecule has 2 rings (SSSR count). The van der Waals surface area contributed by atoms with Crippen molar-refractivity contribution in [1.82, 2.24) is 0 Å². The van der Waals surface area contributed by atoms with Crippen LogP contribution >= 0.6 is 27.7 Å². The maximum atomic E-state index is 5.64. The van der Waals surface area contributed by atoms with Crippen LogP contribution in [0.3, 0.4) is 0 Å². The molecule has 0 aliphatic carbocycles. The molecule has 0 radical (unpaired) electrons. The zero-order valence-electron chi connectivity index (χ0n) is 7.00. The summed E-state index contributed by atoms with van der Waals surface area (Å²) in [5.41, 5.74) is 6.43. The van der Waals surface area contributed by atoms with Crippen molar-refractivity contribution in [1.29, 1.82) is 0 Å². The topological polar surface area (TPSA) is 35.2 Å².